The quantitative estimate of drug-likeness (QED) is 0.761. The molecular formula is C12H19N3O4. The van der Waals surface area contributed by atoms with Crippen molar-refractivity contribution in [2.75, 3.05) is 13.1 Å². The Hall–Kier alpha value is -1.81. The van der Waals surface area contributed by atoms with Gasteiger partial charge < -0.3 is 20.0 Å². The first-order valence-corrected chi connectivity index (χ1v) is 6.23. The fourth-order valence-corrected chi connectivity index (χ4v) is 2.17. The normalized spacial score (nSPS) is 22.4. The number of aliphatic carboxylic acids is 1. The van der Waals surface area contributed by atoms with Gasteiger partial charge in [0.2, 0.25) is 0 Å². The Bertz CT molecular complexity index is 391. The highest BCUT2D eigenvalue weighted by molar-refractivity contribution is 5.83. The molecule has 1 rings (SSSR count). The number of hydrogen-bond acceptors (Lipinski definition) is 4. The van der Waals surface area contributed by atoms with E-state index in [2.05, 4.69) is 0 Å². The molecule has 1 saturated heterocycles. The molecule has 0 spiro atoms. The number of nitriles is 1. The number of likely N-dealkylation sites (tertiary alicyclic amines) is 1. The van der Waals surface area contributed by atoms with Crippen LogP contribution in [0.1, 0.15) is 26.7 Å². The maximum absolute atomic E-state index is 12.3. The molecule has 2 N–H and O–H groups in total. The molecule has 7 heteroatoms. The molecule has 7 nitrogen and oxygen atoms in total. The van der Waals surface area contributed by atoms with Crippen LogP contribution in [0.2, 0.25) is 0 Å². The number of carbonyl (C=O) groups is 2. The van der Waals surface area contributed by atoms with Crippen molar-refractivity contribution in [2.45, 2.75) is 44.9 Å². The van der Waals surface area contributed by atoms with Crippen LogP contribution in [0.25, 0.3) is 0 Å². The number of β-amino-alcohol motifs (C(OH)–C–C–N with tert-alkyl or cyclic N) is 1. The Morgan fingerprint density at radius 3 is 2.63 bits per heavy atom. The number of carboxylic acid groups (broad SMARTS) is 1. The van der Waals surface area contributed by atoms with E-state index in [4.69, 9.17) is 10.4 Å². The maximum Gasteiger partial charge on any atom is 0.326 e. The predicted molar refractivity (Wildman–Crippen MR) is 66.2 cm³/mol. The lowest BCUT2D eigenvalue weighted by molar-refractivity contribution is -0.141. The van der Waals surface area contributed by atoms with E-state index >= 15 is 0 Å². The molecule has 1 aliphatic rings. The Labute approximate surface area is 112 Å². The predicted octanol–water partition coefficient (Wildman–Crippen LogP) is 0.250. The van der Waals surface area contributed by atoms with Gasteiger partial charge in [0.15, 0.2) is 0 Å². The van der Waals surface area contributed by atoms with Crippen LogP contribution in [-0.4, -0.2) is 63.3 Å². The van der Waals surface area contributed by atoms with Crippen LogP contribution in [0.5, 0.6) is 0 Å². The topological polar surface area (TPSA) is 105 Å². The number of rotatable bonds is 4. The number of urea groups is 1. The standard InChI is InChI=1S/C12H19N3O4/c1-8(2)14(5-3-4-13)12(19)15-7-9(16)6-10(15)11(17)18/h8-10,16H,3,5-7H2,1-2H3,(H,17,18). The van der Waals surface area contributed by atoms with Gasteiger partial charge >= 0.3 is 12.0 Å². The number of aliphatic hydroxyl groups is 1. The summed E-state index contributed by atoms with van der Waals surface area (Å²) in [5.41, 5.74) is 0. The SMILES string of the molecule is CC(C)N(CCC#N)C(=O)N1CC(O)CC1C(=O)O. The first-order valence-electron chi connectivity index (χ1n) is 6.23. The lowest BCUT2D eigenvalue weighted by Crippen LogP contribution is -2.50. The number of carbonyl (C=O) groups excluding carboxylic acids is 1. The molecule has 19 heavy (non-hydrogen) atoms. The van der Waals surface area contributed by atoms with Crippen LogP contribution in [-0.2, 0) is 4.79 Å². The average Bonchev–Trinajstić information content (AvgIpc) is 2.71. The van der Waals surface area contributed by atoms with Crippen LogP contribution in [0, 0.1) is 11.3 Å². The van der Waals surface area contributed by atoms with Crippen molar-refractivity contribution in [1.29, 1.82) is 5.26 Å². The summed E-state index contributed by atoms with van der Waals surface area (Å²) in [4.78, 5) is 26.0. The second-order valence-electron chi connectivity index (χ2n) is 4.87. The minimum atomic E-state index is -1.12. The van der Waals surface area contributed by atoms with Crippen molar-refractivity contribution in [3.63, 3.8) is 0 Å². The summed E-state index contributed by atoms with van der Waals surface area (Å²) in [6.07, 6.45) is -0.571. The molecule has 2 atom stereocenters. The highest BCUT2D eigenvalue weighted by atomic mass is 16.4. The molecule has 2 unspecified atom stereocenters. The lowest BCUT2D eigenvalue weighted by atomic mass is 10.2. The van der Waals surface area contributed by atoms with Crippen LogP contribution in [0.4, 0.5) is 4.79 Å². The van der Waals surface area contributed by atoms with Crippen molar-refractivity contribution < 1.29 is 19.8 Å². The maximum atomic E-state index is 12.3. The zero-order valence-corrected chi connectivity index (χ0v) is 11.1. The third kappa shape index (κ3) is 3.58. The van der Waals surface area contributed by atoms with Gasteiger partial charge in [-0.15, -0.1) is 0 Å². The van der Waals surface area contributed by atoms with Gasteiger partial charge in [-0.2, -0.15) is 5.26 Å². The fourth-order valence-electron chi connectivity index (χ4n) is 2.17. The molecule has 0 aromatic rings. The van der Waals surface area contributed by atoms with E-state index < -0.39 is 24.1 Å². The number of hydrogen-bond donors (Lipinski definition) is 2. The number of carboxylic acids is 1. The van der Waals surface area contributed by atoms with Crippen molar-refractivity contribution in [2.24, 2.45) is 0 Å². The zero-order valence-electron chi connectivity index (χ0n) is 11.1. The summed E-state index contributed by atoms with van der Waals surface area (Å²) in [5.74, 6) is -1.12. The van der Waals surface area contributed by atoms with Gasteiger partial charge in [0, 0.05) is 25.6 Å². The molecule has 1 fully saturated rings. The molecule has 1 heterocycles. The highest BCUT2D eigenvalue weighted by Gasteiger charge is 2.40. The third-order valence-corrected chi connectivity index (χ3v) is 3.14. The molecule has 0 aliphatic carbocycles. The summed E-state index contributed by atoms with van der Waals surface area (Å²) < 4.78 is 0. The van der Waals surface area contributed by atoms with Crippen molar-refractivity contribution in [1.82, 2.24) is 9.80 Å². The first kappa shape index (κ1) is 15.2. The summed E-state index contributed by atoms with van der Waals surface area (Å²) in [5, 5.41) is 27.2. The van der Waals surface area contributed by atoms with Gasteiger partial charge in [-0.1, -0.05) is 0 Å². The second kappa shape index (κ2) is 6.38. The Kier molecular flexibility index (Phi) is 5.12. The average molecular weight is 269 g/mol. The molecule has 1 aliphatic heterocycles. The Balaban J connectivity index is 2.83. The number of aliphatic hydroxyl groups excluding tert-OH is 1. The van der Waals surface area contributed by atoms with E-state index in [-0.39, 0.29) is 32.0 Å². The van der Waals surface area contributed by atoms with Gasteiger partial charge in [0.1, 0.15) is 6.04 Å². The molecule has 0 radical (unpaired) electrons. The van der Waals surface area contributed by atoms with E-state index in [1.165, 1.54) is 9.80 Å². The van der Waals surface area contributed by atoms with Gasteiger partial charge in [0.05, 0.1) is 18.6 Å². The second-order valence-corrected chi connectivity index (χ2v) is 4.87. The molecule has 2 amide bonds. The van der Waals surface area contributed by atoms with E-state index in [1.54, 1.807) is 13.8 Å². The smallest absolute Gasteiger partial charge is 0.326 e. The summed E-state index contributed by atoms with van der Waals surface area (Å²) >= 11 is 0. The van der Waals surface area contributed by atoms with Crippen LogP contribution >= 0.6 is 0 Å². The van der Waals surface area contributed by atoms with Crippen LogP contribution in [0.15, 0.2) is 0 Å². The lowest BCUT2D eigenvalue weighted by Gasteiger charge is -2.32. The molecule has 0 aromatic carbocycles. The van der Waals surface area contributed by atoms with E-state index in [0.717, 1.165) is 0 Å². The van der Waals surface area contributed by atoms with Gasteiger partial charge in [0.25, 0.3) is 0 Å². The van der Waals surface area contributed by atoms with Gasteiger partial charge in [-0.05, 0) is 13.8 Å². The van der Waals surface area contributed by atoms with E-state index in [0.29, 0.717) is 0 Å². The van der Waals surface area contributed by atoms with E-state index in [1.807, 2.05) is 6.07 Å². The summed E-state index contributed by atoms with van der Waals surface area (Å²) in [7, 11) is 0. The minimum absolute atomic E-state index is 0.0194. The van der Waals surface area contributed by atoms with E-state index in [9.17, 15) is 14.7 Å². The number of nitrogens with zero attached hydrogens (tertiary/aromatic N) is 3. The van der Waals surface area contributed by atoms with Crippen LogP contribution in [0.3, 0.4) is 0 Å². The summed E-state index contributed by atoms with van der Waals surface area (Å²) in [6.45, 7) is 3.88. The van der Waals surface area contributed by atoms with Crippen molar-refractivity contribution in [3.05, 3.63) is 0 Å². The fraction of sp³-hybridized carbons (Fsp3) is 0.750. The van der Waals surface area contributed by atoms with Crippen LogP contribution < -0.4 is 0 Å². The monoisotopic (exact) mass is 269 g/mol. The number of amides is 2. The molecule has 0 bridgehead atoms. The summed E-state index contributed by atoms with van der Waals surface area (Å²) in [6, 6.07) is 0.401. The Morgan fingerprint density at radius 2 is 2.16 bits per heavy atom. The molecule has 0 aromatic heterocycles. The minimum Gasteiger partial charge on any atom is -0.480 e. The van der Waals surface area contributed by atoms with Gasteiger partial charge in [-0.3, -0.25) is 0 Å². The van der Waals surface area contributed by atoms with Gasteiger partial charge in [-0.25, -0.2) is 9.59 Å². The molecule has 0 saturated carbocycles. The first-order chi connectivity index (χ1) is 8.88. The van der Waals surface area contributed by atoms with Crippen molar-refractivity contribution >= 4 is 12.0 Å². The molecule has 106 valence electrons. The Morgan fingerprint density at radius 1 is 1.53 bits per heavy atom. The third-order valence-electron chi connectivity index (χ3n) is 3.14. The molecular weight excluding hydrogens is 250 g/mol. The highest BCUT2D eigenvalue weighted by Crippen LogP contribution is 2.21. The zero-order chi connectivity index (χ0) is 14.6. The largest absolute Gasteiger partial charge is 0.480 e. The van der Waals surface area contributed by atoms with Crippen molar-refractivity contribution in [3.8, 4) is 6.07 Å².